The Morgan fingerprint density at radius 1 is 0.512 bits per heavy atom. The Labute approximate surface area is 251 Å². The van der Waals surface area contributed by atoms with E-state index in [2.05, 4.69) is 163 Å². The van der Waals surface area contributed by atoms with Gasteiger partial charge in [0.2, 0.25) is 0 Å². The highest BCUT2D eigenvalue weighted by atomic mass is 15.1. The van der Waals surface area contributed by atoms with Gasteiger partial charge in [0.1, 0.15) is 5.82 Å². The summed E-state index contributed by atoms with van der Waals surface area (Å²) in [5, 5.41) is 5.02. The zero-order valence-electron chi connectivity index (χ0n) is 24.0. The van der Waals surface area contributed by atoms with Crippen LogP contribution in [0.1, 0.15) is 12.7 Å². The van der Waals surface area contributed by atoms with E-state index < -0.39 is 0 Å². The number of fused-ring (bicyclic) bond motifs is 3. The number of aromatic nitrogens is 2. The minimum atomic E-state index is 0.859. The number of benzene rings is 7. The Balaban J connectivity index is 1.46. The molecule has 1 heterocycles. The summed E-state index contributed by atoms with van der Waals surface area (Å²) in [6, 6.07) is 54.8. The van der Waals surface area contributed by atoms with Crippen molar-refractivity contribution in [1.82, 2.24) is 9.55 Å². The molecule has 0 aliphatic carbocycles. The van der Waals surface area contributed by atoms with Crippen LogP contribution in [-0.4, -0.2) is 9.55 Å². The van der Waals surface area contributed by atoms with Crippen molar-refractivity contribution in [3.05, 3.63) is 157 Å². The van der Waals surface area contributed by atoms with Gasteiger partial charge in [-0.2, -0.15) is 0 Å². The van der Waals surface area contributed by atoms with E-state index in [1.807, 2.05) is 0 Å². The van der Waals surface area contributed by atoms with E-state index in [-0.39, 0.29) is 0 Å². The Hall–Kier alpha value is -5.47. The Bertz CT molecular complexity index is 2260. The van der Waals surface area contributed by atoms with Crippen LogP contribution in [0.4, 0.5) is 0 Å². The van der Waals surface area contributed by atoms with Gasteiger partial charge in [0.15, 0.2) is 0 Å². The monoisotopic (exact) mass is 550 g/mol. The van der Waals surface area contributed by atoms with Crippen LogP contribution in [0.5, 0.6) is 0 Å². The van der Waals surface area contributed by atoms with Gasteiger partial charge >= 0.3 is 0 Å². The first kappa shape index (κ1) is 25.3. The second-order valence-electron chi connectivity index (χ2n) is 11.1. The third-order valence-electron chi connectivity index (χ3n) is 8.51. The number of nitrogens with zero attached hydrogens (tertiary/aromatic N) is 2. The maximum absolute atomic E-state index is 4.96. The lowest BCUT2D eigenvalue weighted by Gasteiger charge is -2.18. The Morgan fingerprint density at radius 3 is 2.02 bits per heavy atom. The molecular formula is C41H30N2. The molecule has 204 valence electrons. The van der Waals surface area contributed by atoms with Crippen LogP contribution in [0.2, 0.25) is 0 Å². The number of aryl methyl sites for hydroxylation is 1. The molecule has 8 rings (SSSR count). The van der Waals surface area contributed by atoms with Crippen molar-refractivity contribution in [2.24, 2.45) is 0 Å². The van der Waals surface area contributed by atoms with Crippen molar-refractivity contribution >= 4 is 32.6 Å². The first-order valence-electron chi connectivity index (χ1n) is 15.0. The fourth-order valence-corrected chi connectivity index (χ4v) is 6.53. The lowest BCUT2D eigenvalue weighted by Crippen LogP contribution is -2.00. The second-order valence-corrected chi connectivity index (χ2v) is 11.1. The van der Waals surface area contributed by atoms with Gasteiger partial charge in [-0.3, -0.25) is 4.57 Å². The van der Waals surface area contributed by atoms with Crippen LogP contribution < -0.4 is 0 Å². The number of hydrogen-bond acceptors (Lipinski definition) is 1. The lowest BCUT2D eigenvalue weighted by atomic mass is 9.86. The number of imidazole rings is 1. The molecular weight excluding hydrogens is 520 g/mol. The molecule has 0 aliphatic heterocycles. The van der Waals surface area contributed by atoms with Crippen molar-refractivity contribution in [2.75, 3.05) is 0 Å². The Morgan fingerprint density at radius 2 is 1.21 bits per heavy atom. The number of rotatable bonds is 5. The highest BCUT2D eigenvalue weighted by molar-refractivity contribution is 6.17. The molecule has 0 fully saturated rings. The highest BCUT2D eigenvalue weighted by Crippen LogP contribution is 2.43. The van der Waals surface area contributed by atoms with Crippen molar-refractivity contribution in [3.8, 4) is 39.1 Å². The zero-order chi connectivity index (χ0) is 28.8. The minimum absolute atomic E-state index is 0.859. The Kier molecular flexibility index (Phi) is 6.12. The normalized spacial score (nSPS) is 11.5. The van der Waals surface area contributed by atoms with Crippen LogP contribution in [-0.2, 0) is 6.42 Å². The fraction of sp³-hybridized carbons (Fsp3) is 0.0488. The maximum Gasteiger partial charge on any atom is 0.114 e. The molecule has 8 aromatic rings. The van der Waals surface area contributed by atoms with E-state index in [9.17, 15) is 0 Å². The van der Waals surface area contributed by atoms with E-state index in [1.165, 1.54) is 54.9 Å². The number of para-hydroxylation sites is 2. The van der Waals surface area contributed by atoms with Gasteiger partial charge in [0, 0.05) is 12.1 Å². The predicted octanol–water partition coefficient (Wildman–Crippen LogP) is 10.9. The van der Waals surface area contributed by atoms with Crippen molar-refractivity contribution in [1.29, 1.82) is 0 Å². The quantitative estimate of drug-likeness (QED) is 0.195. The van der Waals surface area contributed by atoms with Crippen LogP contribution in [0.25, 0.3) is 71.6 Å². The molecule has 0 amide bonds. The fourth-order valence-electron chi connectivity index (χ4n) is 6.53. The molecule has 0 atom stereocenters. The molecule has 0 aliphatic rings. The molecule has 2 nitrogen and oxygen atoms in total. The molecule has 0 bridgehead atoms. The predicted molar refractivity (Wildman–Crippen MR) is 182 cm³/mol. The molecule has 1 aromatic heterocycles. The third-order valence-corrected chi connectivity index (χ3v) is 8.51. The standard InChI is InChI=1S/C41H30N2/c1-2-40-42-38-22-11-12-23-39(38)43(40)33-20-13-19-30(24-33)35-26-32(28-14-5-3-6-15-28)27-37-36(35)25-31-18-9-10-21-34(31)41(37)29-16-7-4-8-17-29/h3-27H,2H2,1H3. The molecule has 0 unspecified atom stereocenters. The summed E-state index contributed by atoms with van der Waals surface area (Å²) in [5.74, 6) is 1.07. The van der Waals surface area contributed by atoms with E-state index in [4.69, 9.17) is 4.98 Å². The molecule has 0 saturated heterocycles. The largest absolute Gasteiger partial charge is 0.296 e. The van der Waals surface area contributed by atoms with Crippen LogP contribution in [0.3, 0.4) is 0 Å². The summed E-state index contributed by atoms with van der Waals surface area (Å²) < 4.78 is 2.31. The van der Waals surface area contributed by atoms with E-state index >= 15 is 0 Å². The topological polar surface area (TPSA) is 17.8 Å². The van der Waals surface area contributed by atoms with E-state index in [0.29, 0.717) is 0 Å². The average Bonchev–Trinajstić information content (AvgIpc) is 3.46. The van der Waals surface area contributed by atoms with Gasteiger partial charge in [-0.15, -0.1) is 0 Å². The van der Waals surface area contributed by atoms with Crippen molar-refractivity contribution in [3.63, 3.8) is 0 Å². The summed E-state index contributed by atoms with van der Waals surface area (Å²) in [6.07, 6.45) is 0.859. The average molecular weight is 551 g/mol. The highest BCUT2D eigenvalue weighted by Gasteiger charge is 2.17. The summed E-state index contributed by atoms with van der Waals surface area (Å²) >= 11 is 0. The second kappa shape index (κ2) is 10.4. The molecule has 2 heteroatoms. The summed E-state index contributed by atoms with van der Waals surface area (Å²) in [5.41, 5.74) is 10.6. The summed E-state index contributed by atoms with van der Waals surface area (Å²) in [4.78, 5) is 4.96. The van der Waals surface area contributed by atoms with Crippen LogP contribution >= 0.6 is 0 Å². The van der Waals surface area contributed by atoms with Gasteiger partial charge in [-0.05, 0) is 97.4 Å². The van der Waals surface area contributed by atoms with E-state index in [1.54, 1.807) is 0 Å². The van der Waals surface area contributed by atoms with Crippen molar-refractivity contribution in [2.45, 2.75) is 13.3 Å². The molecule has 0 spiro atoms. The van der Waals surface area contributed by atoms with Crippen LogP contribution in [0.15, 0.2) is 152 Å². The molecule has 0 N–H and O–H groups in total. The lowest BCUT2D eigenvalue weighted by molar-refractivity contribution is 0.908. The first-order valence-corrected chi connectivity index (χ1v) is 15.0. The third kappa shape index (κ3) is 4.31. The van der Waals surface area contributed by atoms with Gasteiger partial charge in [-0.1, -0.05) is 116 Å². The number of hydrogen-bond donors (Lipinski definition) is 0. The smallest absolute Gasteiger partial charge is 0.114 e. The molecule has 43 heavy (non-hydrogen) atoms. The SMILES string of the molecule is CCc1nc2ccccc2n1-c1cccc(-c2cc(-c3ccccc3)cc3c(-c4ccccc4)c4ccccc4cc23)c1. The van der Waals surface area contributed by atoms with Crippen molar-refractivity contribution < 1.29 is 0 Å². The molecule has 0 saturated carbocycles. The summed E-state index contributed by atoms with van der Waals surface area (Å²) in [7, 11) is 0. The minimum Gasteiger partial charge on any atom is -0.296 e. The van der Waals surface area contributed by atoms with Crippen LogP contribution in [0, 0.1) is 0 Å². The van der Waals surface area contributed by atoms with Gasteiger partial charge < -0.3 is 0 Å². The molecule has 0 radical (unpaired) electrons. The van der Waals surface area contributed by atoms with Gasteiger partial charge in [-0.25, -0.2) is 4.98 Å². The summed E-state index contributed by atoms with van der Waals surface area (Å²) in [6.45, 7) is 2.18. The maximum atomic E-state index is 4.96. The molecule has 7 aromatic carbocycles. The first-order chi connectivity index (χ1) is 21.3. The zero-order valence-corrected chi connectivity index (χ0v) is 24.0. The van der Waals surface area contributed by atoms with Gasteiger partial charge in [0.25, 0.3) is 0 Å². The van der Waals surface area contributed by atoms with Gasteiger partial charge in [0.05, 0.1) is 11.0 Å². The van der Waals surface area contributed by atoms with E-state index in [0.717, 1.165) is 29.0 Å².